The molecular weight excluding hydrogens is 483 g/mol. The fourth-order valence-corrected chi connectivity index (χ4v) is 5.47. The van der Waals surface area contributed by atoms with Crippen molar-refractivity contribution in [1.29, 1.82) is 0 Å². The van der Waals surface area contributed by atoms with Crippen molar-refractivity contribution in [2.24, 2.45) is 0 Å². The Kier molecular flexibility index (Phi) is 8.28. The average Bonchev–Trinajstić information content (AvgIpc) is 2.84. The molecule has 0 radical (unpaired) electrons. The number of ether oxygens (including phenoxy) is 3. The third-order valence-electron chi connectivity index (χ3n) is 6.25. The Bertz CT molecular complexity index is 1340. The third-order valence-corrected chi connectivity index (χ3v) is 7.67. The van der Waals surface area contributed by atoms with Gasteiger partial charge < -0.3 is 24.2 Å². The maximum Gasteiger partial charge on any atom is 0.146 e. The maximum absolute atomic E-state index is 14.1. The van der Waals surface area contributed by atoms with Crippen molar-refractivity contribution in [3.8, 4) is 5.75 Å². The highest BCUT2D eigenvalue weighted by molar-refractivity contribution is 8.01. The first-order chi connectivity index (χ1) is 17.3. The first kappa shape index (κ1) is 26.1. The van der Waals surface area contributed by atoms with E-state index in [1.165, 1.54) is 18.5 Å². The zero-order valence-corrected chi connectivity index (χ0v) is 21.9. The van der Waals surface area contributed by atoms with Crippen LogP contribution in [0.15, 0.2) is 36.7 Å². The number of rotatable bonds is 9. The molecule has 0 bridgehead atoms. The minimum absolute atomic E-state index is 0.00456. The van der Waals surface area contributed by atoms with Crippen LogP contribution in [0.3, 0.4) is 0 Å². The number of nitrogens with zero attached hydrogens (tertiary/aromatic N) is 2. The molecular formula is C26H33FN4O4S. The smallest absolute Gasteiger partial charge is 0.146 e. The highest BCUT2D eigenvalue weighted by atomic mass is 32.2. The lowest BCUT2D eigenvalue weighted by Gasteiger charge is -2.28. The van der Waals surface area contributed by atoms with Gasteiger partial charge in [-0.15, -0.1) is 0 Å². The van der Waals surface area contributed by atoms with Crippen LogP contribution in [0.1, 0.15) is 31.2 Å². The van der Waals surface area contributed by atoms with Gasteiger partial charge >= 0.3 is 0 Å². The standard InChI is InChI=1S/C26H33FN4O4S/c1-17-13-19(31-36(4,32)12-11-33-2)15-23-25(17)26(29-16-28-23)30-22-10-5-18(27)14-24(22)35-21-8-6-20(34-3)7-9-21/h5,10,12-16,20-21H,6-9,11H2,1-4H3,(H,31,32)(H,28,29,30). The molecule has 1 atom stereocenters. The number of methoxy groups -OCH3 is 2. The van der Waals surface area contributed by atoms with Gasteiger partial charge in [-0.3, -0.25) is 0 Å². The predicted molar refractivity (Wildman–Crippen MR) is 143 cm³/mol. The molecule has 0 spiro atoms. The van der Waals surface area contributed by atoms with Crippen LogP contribution in [-0.2, 0) is 19.2 Å². The lowest BCUT2D eigenvalue weighted by molar-refractivity contribution is 0.0329. The molecule has 1 unspecified atom stereocenters. The molecule has 0 amide bonds. The normalized spacial score (nSPS) is 19.5. The Morgan fingerprint density at radius 2 is 1.86 bits per heavy atom. The van der Waals surface area contributed by atoms with Gasteiger partial charge in [0.15, 0.2) is 0 Å². The van der Waals surface area contributed by atoms with Crippen molar-refractivity contribution in [2.75, 3.05) is 37.1 Å². The predicted octanol–water partition coefficient (Wildman–Crippen LogP) is 4.85. The maximum atomic E-state index is 14.1. The van der Waals surface area contributed by atoms with Crippen LogP contribution in [0.4, 0.5) is 21.6 Å². The van der Waals surface area contributed by atoms with E-state index in [0.29, 0.717) is 28.5 Å². The topological polar surface area (TPSA) is 94.6 Å². The average molecular weight is 517 g/mol. The number of benzene rings is 2. The van der Waals surface area contributed by atoms with E-state index in [-0.39, 0.29) is 24.6 Å². The molecule has 1 heterocycles. The molecule has 1 aromatic heterocycles. The molecule has 2 N–H and O–H groups in total. The Hall–Kier alpha value is -2.95. The lowest BCUT2D eigenvalue weighted by Crippen LogP contribution is -2.27. The van der Waals surface area contributed by atoms with Crippen molar-refractivity contribution < 1.29 is 22.8 Å². The summed E-state index contributed by atoms with van der Waals surface area (Å²) in [4.78, 5) is 8.87. The second kappa shape index (κ2) is 11.4. The Morgan fingerprint density at radius 1 is 1.11 bits per heavy atom. The van der Waals surface area contributed by atoms with Gasteiger partial charge in [-0.1, -0.05) is 0 Å². The largest absolute Gasteiger partial charge is 0.488 e. The van der Waals surface area contributed by atoms with Crippen LogP contribution in [0.5, 0.6) is 5.75 Å². The minimum atomic E-state index is -2.44. The Balaban J connectivity index is 1.61. The van der Waals surface area contributed by atoms with Crippen LogP contribution in [-0.4, -0.2) is 58.8 Å². The summed E-state index contributed by atoms with van der Waals surface area (Å²) in [7, 11) is 0.848. The van der Waals surface area contributed by atoms with Crippen molar-refractivity contribution in [1.82, 2.24) is 9.97 Å². The van der Waals surface area contributed by atoms with Crippen LogP contribution in [0.2, 0.25) is 0 Å². The van der Waals surface area contributed by atoms with Gasteiger partial charge in [0.2, 0.25) is 0 Å². The van der Waals surface area contributed by atoms with Crippen LogP contribution >= 0.6 is 0 Å². The second-order valence-electron chi connectivity index (χ2n) is 9.06. The van der Waals surface area contributed by atoms with Crippen molar-refractivity contribution in [2.45, 2.75) is 44.8 Å². The number of aryl methyl sites for hydroxylation is 1. The number of hydrogen-bond donors (Lipinski definition) is 2. The number of halogens is 1. The van der Waals surface area contributed by atoms with E-state index in [0.717, 1.165) is 36.6 Å². The molecule has 8 nitrogen and oxygen atoms in total. The molecule has 1 aliphatic carbocycles. The SMILES string of the molecule is COCC=S(C)(=O)Nc1cc(C)c2c(Nc3ccc(F)cc3OC3CCC(OC)CC3)ncnc2c1. The van der Waals surface area contributed by atoms with Gasteiger partial charge in [-0.05, 0) is 62.4 Å². The summed E-state index contributed by atoms with van der Waals surface area (Å²) >= 11 is 0. The molecule has 1 saturated carbocycles. The summed E-state index contributed by atoms with van der Waals surface area (Å²) in [5.74, 6) is 0.652. The number of fused-ring (bicyclic) bond motifs is 1. The van der Waals surface area contributed by atoms with E-state index >= 15 is 0 Å². The van der Waals surface area contributed by atoms with Crippen LogP contribution in [0, 0.1) is 12.7 Å². The number of hydrogen-bond acceptors (Lipinski definition) is 7. The highest BCUT2D eigenvalue weighted by Crippen LogP contribution is 2.35. The van der Waals surface area contributed by atoms with Crippen LogP contribution < -0.4 is 14.8 Å². The van der Waals surface area contributed by atoms with Gasteiger partial charge in [-0.25, -0.2) is 18.6 Å². The highest BCUT2D eigenvalue weighted by Gasteiger charge is 2.23. The quantitative estimate of drug-likeness (QED) is 0.393. The van der Waals surface area contributed by atoms with E-state index < -0.39 is 9.71 Å². The number of anilines is 3. The molecule has 3 aromatic rings. The molecule has 36 heavy (non-hydrogen) atoms. The summed E-state index contributed by atoms with van der Waals surface area (Å²) < 4.78 is 46.7. The molecule has 1 aliphatic rings. The van der Waals surface area contributed by atoms with E-state index in [1.54, 1.807) is 31.9 Å². The summed E-state index contributed by atoms with van der Waals surface area (Å²) in [6, 6.07) is 8.18. The number of aromatic nitrogens is 2. The molecule has 4 rings (SSSR count). The van der Waals surface area contributed by atoms with Crippen molar-refractivity contribution >= 4 is 43.2 Å². The molecule has 10 heteroatoms. The number of nitrogens with one attached hydrogen (secondary N) is 2. The molecule has 0 aliphatic heterocycles. The second-order valence-corrected chi connectivity index (χ2v) is 11.4. The minimum Gasteiger partial charge on any atom is -0.488 e. The summed E-state index contributed by atoms with van der Waals surface area (Å²) in [6.45, 7) is 2.22. The molecule has 0 saturated heterocycles. The van der Waals surface area contributed by atoms with Gasteiger partial charge in [0.1, 0.15) is 23.7 Å². The van der Waals surface area contributed by atoms with E-state index in [9.17, 15) is 8.60 Å². The van der Waals surface area contributed by atoms with Gasteiger partial charge in [0, 0.05) is 52.7 Å². The van der Waals surface area contributed by atoms with Crippen LogP contribution in [0.25, 0.3) is 10.9 Å². The fourth-order valence-electron chi connectivity index (χ4n) is 4.41. The zero-order chi connectivity index (χ0) is 25.7. The van der Waals surface area contributed by atoms with Gasteiger partial charge in [-0.2, -0.15) is 0 Å². The Morgan fingerprint density at radius 3 is 2.58 bits per heavy atom. The lowest BCUT2D eigenvalue weighted by atomic mass is 9.95. The monoisotopic (exact) mass is 516 g/mol. The van der Waals surface area contributed by atoms with Crippen molar-refractivity contribution in [3.05, 3.63) is 48.0 Å². The zero-order valence-electron chi connectivity index (χ0n) is 21.0. The summed E-state index contributed by atoms with van der Waals surface area (Å²) in [5.41, 5.74) is 2.88. The Labute approximate surface area is 211 Å². The fraction of sp³-hybridized carbons (Fsp3) is 0.423. The summed E-state index contributed by atoms with van der Waals surface area (Å²) in [5, 5.41) is 5.74. The van der Waals surface area contributed by atoms with Crippen molar-refractivity contribution in [3.63, 3.8) is 0 Å². The molecule has 2 aromatic carbocycles. The molecule has 194 valence electrons. The first-order valence-electron chi connectivity index (χ1n) is 11.9. The molecule has 1 fully saturated rings. The van der Waals surface area contributed by atoms with Gasteiger partial charge in [0.05, 0.1) is 30.0 Å². The van der Waals surface area contributed by atoms with Gasteiger partial charge in [0.25, 0.3) is 0 Å². The van der Waals surface area contributed by atoms with E-state index in [4.69, 9.17) is 14.2 Å². The summed E-state index contributed by atoms with van der Waals surface area (Å²) in [6.07, 6.45) is 6.86. The first-order valence-corrected chi connectivity index (χ1v) is 13.9. The third kappa shape index (κ3) is 6.43. The van der Waals surface area contributed by atoms with E-state index in [1.807, 2.05) is 19.1 Å². The van der Waals surface area contributed by atoms with E-state index in [2.05, 4.69) is 20.0 Å².